The average Bonchev–Trinajstić information content (AvgIpc) is 0.810. The maximum atomic E-state index is 13.7. The van der Waals surface area contributed by atoms with Crippen molar-refractivity contribution in [3.05, 3.63) is 0 Å². The molecule has 2 rings (SSSR count). The Morgan fingerprint density at radius 2 is 1.01 bits per heavy atom. The summed E-state index contributed by atoms with van der Waals surface area (Å²) >= 11 is 0. The van der Waals surface area contributed by atoms with Crippen LogP contribution in [0.3, 0.4) is 0 Å². The minimum Gasteiger partial charge on any atom is -0.480 e. The molecule has 2 heterocycles. The van der Waals surface area contributed by atoms with Crippen LogP contribution in [0, 0.1) is 0 Å². The monoisotopic (exact) mass is 1290 g/mol. The first-order valence-corrected chi connectivity index (χ1v) is 28.0. The van der Waals surface area contributed by atoms with Crippen LogP contribution < -0.4 is 80.6 Å². The number of nitrogens with one attached hydrogen (secondary N) is 13. The summed E-state index contributed by atoms with van der Waals surface area (Å²) in [5, 5.41) is 91.0. The SMILES string of the molecule is CC(=O)NC1C(OC2C(CO)OC(O)C(NC(C)=O)C2OC(C)C(=O)NC(C)C(=O)NC(CCC(=O)NC(CCCCNC(=O)CNC(=O)CNC(=O)CN)C(=O)NC(C)C(=O)NCC(=O)NCC(=O)NCC(=O)NCC(=O)O)C(N)=O)OC(CO)C(O)C1O. The molecule has 40 heteroatoms. The minimum atomic E-state index is -1.94. The van der Waals surface area contributed by atoms with Crippen LogP contribution >= 0.6 is 0 Å². The third-order valence-corrected chi connectivity index (χ3v) is 13.0. The molecule has 0 aromatic heterocycles. The van der Waals surface area contributed by atoms with Crippen LogP contribution in [0.5, 0.6) is 0 Å². The summed E-state index contributed by atoms with van der Waals surface area (Å²) in [6.07, 6.45) is -16.2. The summed E-state index contributed by atoms with van der Waals surface area (Å²) < 4.78 is 23.3. The Hall–Kier alpha value is -8.35. The lowest BCUT2D eigenvalue weighted by molar-refractivity contribution is -0.333. The molecule has 508 valence electrons. The van der Waals surface area contributed by atoms with Gasteiger partial charge in [-0.15, -0.1) is 0 Å². The van der Waals surface area contributed by atoms with E-state index in [1.807, 2.05) is 5.32 Å². The number of carboxylic acids is 1. The molecular weight excluding hydrogens is 1210 g/mol. The van der Waals surface area contributed by atoms with Crippen LogP contribution in [0.4, 0.5) is 0 Å². The second kappa shape index (κ2) is 39.6. The van der Waals surface area contributed by atoms with E-state index < -0.39 is 246 Å². The fraction of sp³-hybridized carbons (Fsp3) is 0.700. The lowest BCUT2D eigenvalue weighted by Gasteiger charge is -2.48. The number of nitrogens with two attached hydrogens (primary N) is 2. The molecule has 15 atom stereocenters. The number of aliphatic carboxylic acids is 1. The number of hydrogen-bond acceptors (Lipinski definition) is 25. The van der Waals surface area contributed by atoms with Gasteiger partial charge in [-0.1, -0.05) is 0 Å². The molecule has 0 aromatic rings. The van der Waals surface area contributed by atoms with Crippen molar-refractivity contribution >= 4 is 88.7 Å². The predicted molar refractivity (Wildman–Crippen MR) is 299 cm³/mol. The number of amides is 14. The molecule has 90 heavy (non-hydrogen) atoms. The Bertz CT molecular complexity index is 2530. The number of rotatable bonds is 38. The van der Waals surface area contributed by atoms with E-state index in [1.54, 1.807) is 0 Å². The lowest BCUT2D eigenvalue weighted by atomic mass is 9.94. The number of carbonyl (C=O) groups excluding carboxylic acids is 14. The van der Waals surface area contributed by atoms with Gasteiger partial charge in [0.05, 0.1) is 52.5 Å². The zero-order valence-corrected chi connectivity index (χ0v) is 49.9. The van der Waals surface area contributed by atoms with Crippen LogP contribution in [-0.2, 0) is 90.9 Å². The van der Waals surface area contributed by atoms with Crippen LogP contribution in [-0.4, -0.2) is 276 Å². The molecule has 15 unspecified atom stereocenters. The molecule has 0 radical (unpaired) electrons. The van der Waals surface area contributed by atoms with Crippen molar-refractivity contribution in [2.45, 2.75) is 158 Å². The topological polar surface area (TPSA) is 623 Å². The summed E-state index contributed by atoms with van der Waals surface area (Å²) in [6, 6.07) is -9.02. The van der Waals surface area contributed by atoms with Crippen LogP contribution in [0.15, 0.2) is 0 Å². The molecule has 2 saturated heterocycles. The number of carboxylic acid groups (broad SMARTS) is 1. The summed E-state index contributed by atoms with van der Waals surface area (Å²) in [4.78, 5) is 186. The van der Waals surface area contributed by atoms with E-state index >= 15 is 0 Å². The number of unbranched alkanes of at least 4 members (excludes halogenated alkanes) is 1. The first kappa shape index (κ1) is 77.7. The number of primary amides is 1. The molecule has 14 amide bonds. The summed E-state index contributed by atoms with van der Waals surface area (Å²) in [6.45, 7) is 0.0221. The number of aliphatic hydroxyl groups excluding tert-OH is 5. The van der Waals surface area contributed by atoms with Crippen molar-refractivity contribution in [2.24, 2.45) is 11.5 Å². The molecular formula is C50H83N15O25. The summed E-state index contributed by atoms with van der Waals surface area (Å²) in [7, 11) is 0. The van der Waals surface area contributed by atoms with Gasteiger partial charge >= 0.3 is 5.97 Å². The Labute approximate surface area is 513 Å². The van der Waals surface area contributed by atoms with Gasteiger partial charge in [0.1, 0.15) is 85.5 Å². The van der Waals surface area contributed by atoms with E-state index in [9.17, 15) is 97.5 Å². The zero-order chi connectivity index (χ0) is 67.9. The smallest absolute Gasteiger partial charge is 0.322 e. The highest BCUT2D eigenvalue weighted by molar-refractivity contribution is 5.95. The summed E-state index contributed by atoms with van der Waals surface area (Å²) in [5.74, 6) is -13.2. The van der Waals surface area contributed by atoms with Crippen molar-refractivity contribution in [1.29, 1.82) is 0 Å². The van der Waals surface area contributed by atoms with Gasteiger partial charge < -0.3 is 130 Å². The van der Waals surface area contributed by atoms with Crippen molar-refractivity contribution < 1.29 is 122 Å². The molecule has 0 bridgehead atoms. The van der Waals surface area contributed by atoms with E-state index in [1.165, 1.54) is 20.8 Å². The predicted octanol–water partition coefficient (Wildman–Crippen LogP) is -13.4. The zero-order valence-electron chi connectivity index (χ0n) is 49.9. The van der Waals surface area contributed by atoms with Gasteiger partial charge in [0, 0.05) is 26.8 Å². The fourth-order valence-corrected chi connectivity index (χ4v) is 8.29. The third kappa shape index (κ3) is 28.0. The van der Waals surface area contributed by atoms with Gasteiger partial charge in [0.2, 0.25) is 82.7 Å². The van der Waals surface area contributed by atoms with E-state index in [4.69, 9.17) is 35.5 Å². The molecule has 0 saturated carbocycles. The normalized spacial score (nSPS) is 22.7. The van der Waals surface area contributed by atoms with Gasteiger partial charge in [-0.3, -0.25) is 71.9 Å². The maximum absolute atomic E-state index is 13.7. The molecule has 23 N–H and O–H groups in total. The minimum absolute atomic E-state index is 0.00120. The molecule has 40 nitrogen and oxygen atoms in total. The first-order valence-electron chi connectivity index (χ1n) is 28.0. The summed E-state index contributed by atoms with van der Waals surface area (Å²) in [5.41, 5.74) is 10.7. The van der Waals surface area contributed by atoms with Crippen molar-refractivity contribution in [2.75, 3.05) is 65.6 Å². The number of carbonyl (C=O) groups is 15. The molecule has 0 spiro atoms. The highest BCUT2D eigenvalue weighted by atomic mass is 16.7. The quantitative estimate of drug-likeness (QED) is 0.0255. The van der Waals surface area contributed by atoms with Crippen molar-refractivity contribution in [3.63, 3.8) is 0 Å². The molecule has 2 aliphatic rings. The Morgan fingerprint density at radius 1 is 0.511 bits per heavy atom. The molecule has 2 fully saturated rings. The fourth-order valence-electron chi connectivity index (χ4n) is 8.29. The van der Waals surface area contributed by atoms with Crippen LogP contribution in [0.2, 0.25) is 0 Å². The maximum Gasteiger partial charge on any atom is 0.322 e. The molecule has 0 aromatic carbocycles. The second-order valence-corrected chi connectivity index (χ2v) is 20.4. The molecule has 0 aliphatic carbocycles. The second-order valence-electron chi connectivity index (χ2n) is 20.4. The molecule has 2 aliphatic heterocycles. The standard InChI is InChI=1S/C50H83N15O25/c1-21(45(82)59-17-36(76)57-15-34(74)56-16-35(75)58-18-37(77)78)61-48(85)27(8-6-7-11-53-32(72)13-55-33(73)14-54-31(71)12-51)64-30(70)10-9-26(44(52)81)65-46(83)22(2)60-47(84)23(3)87-43-39(63-25(5)69)49(86)88-29(20-67)42(43)90-50-38(62-24(4)68)41(80)40(79)28(19-66)89-50/h21-23,26-29,38-43,49-50,66-67,79-80,86H,6-20,51H2,1-5H3,(H2,52,81)(H,53,72)(H,54,71)(H,55,73)(H,56,74)(H,57,76)(H,58,75)(H,59,82)(H,60,84)(H,61,85)(H,62,68)(H,63,69)(H,64,70)(H,65,83)(H,77,78). The Balaban J connectivity index is 2.17. The highest BCUT2D eigenvalue weighted by Gasteiger charge is 2.53. The first-order chi connectivity index (χ1) is 42.3. The van der Waals surface area contributed by atoms with Crippen molar-refractivity contribution in [3.8, 4) is 0 Å². The van der Waals surface area contributed by atoms with Crippen LogP contribution in [0.1, 0.15) is 66.7 Å². The lowest BCUT2D eigenvalue weighted by Crippen LogP contribution is -2.70. The average molecular weight is 1290 g/mol. The van der Waals surface area contributed by atoms with Gasteiger partial charge in [-0.25, -0.2) is 0 Å². The Morgan fingerprint density at radius 3 is 1.53 bits per heavy atom. The van der Waals surface area contributed by atoms with Gasteiger partial charge in [0.15, 0.2) is 12.6 Å². The van der Waals surface area contributed by atoms with Gasteiger partial charge in [0.25, 0.3) is 0 Å². The largest absolute Gasteiger partial charge is 0.480 e. The van der Waals surface area contributed by atoms with E-state index in [-0.39, 0.29) is 32.4 Å². The number of aliphatic hydroxyl groups is 5. The van der Waals surface area contributed by atoms with Crippen LogP contribution in [0.25, 0.3) is 0 Å². The van der Waals surface area contributed by atoms with Gasteiger partial charge in [-0.2, -0.15) is 0 Å². The highest BCUT2D eigenvalue weighted by Crippen LogP contribution is 2.31. The Kier molecular flexibility index (Phi) is 34.2. The van der Waals surface area contributed by atoms with E-state index in [2.05, 4.69) is 63.8 Å². The number of hydrogen-bond donors (Lipinski definition) is 21. The third-order valence-electron chi connectivity index (χ3n) is 13.0. The van der Waals surface area contributed by atoms with Gasteiger partial charge in [-0.05, 0) is 46.5 Å². The van der Waals surface area contributed by atoms with Crippen molar-refractivity contribution in [1.82, 2.24) is 69.1 Å². The van der Waals surface area contributed by atoms with E-state index in [0.717, 1.165) is 13.8 Å². The number of ether oxygens (including phenoxy) is 4. The van der Waals surface area contributed by atoms with E-state index in [0.29, 0.717) is 0 Å².